The van der Waals surface area contributed by atoms with Gasteiger partial charge < -0.3 is 5.11 Å². The number of unbranched alkanes of at least 4 members (excludes halogenated alkanes) is 6. The van der Waals surface area contributed by atoms with E-state index in [1.807, 2.05) is 20.8 Å². The molecule has 1 N–H and O–H groups in total. The highest BCUT2D eigenvalue weighted by atomic mass is 35.5. The Bertz CT molecular complexity index is 515. The predicted octanol–water partition coefficient (Wildman–Crippen LogP) is 6.67. The molecule has 0 spiro atoms. The summed E-state index contributed by atoms with van der Waals surface area (Å²) < 4.78 is 0. The third-order valence-corrected chi connectivity index (χ3v) is 4.41. The molecule has 0 atom stereocenters. The van der Waals surface area contributed by atoms with Gasteiger partial charge in [-0.15, -0.1) is 0 Å². The maximum absolute atomic E-state index is 12.4. The SMILES string of the molecule is CCCCCCCCCC(=O)c1cc(Cl)cc(C(C)(C)C)c1O. The Kier molecular flexibility index (Phi) is 8.11. The molecule has 3 heteroatoms. The van der Waals surface area contributed by atoms with Crippen molar-refractivity contribution in [2.45, 2.75) is 84.5 Å². The lowest BCUT2D eigenvalue weighted by Crippen LogP contribution is -2.13. The van der Waals surface area contributed by atoms with Gasteiger partial charge >= 0.3 is 0 Å². The number of carbonyl (C=O) groups excluding carboxylic acids is 1. The van der Waals surface area contributed by atoms with E-state index in [2.05, 4.69) is 6.92 Å². The molecule has 0 bridgehead atoms. The van der Waals surface area contributed by atoms with Crippen LogP contribution in [0.5, 0.6) is 5.75 Å². The number of benzene rings is 1. The normalized spacial score (nSPS) is 11.7. The van der Waals surface area contributed by atoms with Crippen molar-refractivity contribution in [1.29, 1.82) is 0 Å². The van der Waals surface area contributed by atoms with Crippen LogP contribution in [0.4, 0.5) is 0 Å². The van der Waals surface area contributed by atoms with Crippen molar-refractivity contribution < 1.29 is 9.90 Å². The molecule has 1 rings (SSSR count). The van der Waals surface area contributed by atoms with Crippen molar-refractivity contribution >= 4 is 17.4 Å². The summed E-state index contributed by atoms with van der Waals surface area (Å²) in [4.78, 5) is 12.4. The molecule has 0 saturated heterocycles. The van der Waals surface area contributed by atoms with Crippen LogP contribution in [0.2, 0.25) is 5.02 Å². The van der Waals surface area contributed by atoms with Crippen LogP contribution in [-0.2, 0) is 5.41 Å². The maximum Gasteiger partial charge on any atom is 0.166 e. The Balaban J connectivity index is 2.61. The van der Waals surface area contributed by atoms with Crippen LogP contribution in [-0.4, -0.2) is 10.9 Å². The Morgan fingerprint density at radius 3 is 2.17 bits per heavy atom. The largest absolute Gasteiger partial charge is 0.507 e. The Hall–Kier alpha value is -1.02. The van der Waals surface area contributed by atoms with Gasteiger partial charge in [0.05, 0.1) is 5.56 Å². The molecule has 2 nitrogen and oxygen atoms in total. The minimum absolute atomic E-state index is 0.0101. The van der Waals surface area contributed by atoms with Crippen LogP contribution in [0, 0.1) is 0 Å². The molecule has 0 fully saturated rings. The molecular weight excluding hydrogens is 308 g/mol. The number of phenolic OH excluding ortho intramolecular Hbond substituents is 1. The Morgan fingerprint density at radius 1 is 1.04 bits per heavy atom. The molecule has 0 saturated carbocycles. The van der Waals surface area contributed by atoms with Crippen LogP contribution < -0.4 is 0 Å². The molecule has 1 aromatic rings. The van der Waals surface area contributed by atoms with Gasteiger partial charge in [-0.1, -0.05) is 77.8 Å². The van der Waals surface area contributed by atoms with Gasteiger partial charge in [0.2, 0.25) is 0 Å². The number of carbonyl (C=O) groups is 1. The summed E-state index contributed by atoms with van der Waals surface area (Å²) in [6, 6.07) is 3.34. The zero-order chi connectivity index (χ0) is 17.5. The van der Waals surface area contributed by atoms with Crippen molar-refractivity contribution in [1.82, 2.24) is 0 Å². The summed E-state index contributed by atoms with van der Waals surface area (Å²) in [5.74, 6) is 0.0823. The van der Waals surface area contributed by atoms with E-state index in [1.54, 1.807) is 12.1 Å². The third kappa shape index (κ3) is 6.55. The lowest BCUT2D eigenvalue weighted by Gasteiger charge is -2.22. The fourth-order valence-electron chi connectivity index (χ4n) is 2.76. The minimum atomic E-state index is -0.247. The first-order chi connectivity index (χ1) is 10.8. The van der Waals surface area contributed by atoms with Crippen LogP contribution in [0.3, 0.4) is 0 Å². The van der Waals surface area contributed by atoms with Gasteiger partial charge in [0.15, 0.2) is 5.78 Å². The first-order valence-electron chi connectivity index (χ1n) is 8.83. The second-order valence-corrected chi connectivity index (χ2v) is 7.83. The van der Waals surface area contributed by atoms with Gasteiger partial charge in [-0.3, -0.25) is 4.79 Å². The van der Waals surface area contributed by atoms with E-state index in [0.717, 1.165) is 18.4 Å². The van der Waals surface area contributed by atoms with Gasteiger partial charge in [-0.25, -0.2) is 0 Å². The minimum Gasteiger partial charge on any atom is -0.507 e. The standard InChI is InChI=1S/C20H31ClO2/c1-5-6-7-8-9-10-11-12-18(22)16-13-15(21)14-17(19(16)23)20(2,3)4/h13-14,23H,5-12H2,1-4H3. The number of aromatic hydroxyl groups is 1. The number of phenols is 1. The van der Waals surface area contributed by atoms with E-state index in [4.69, 9.17) is 11.6 Å². The first-order valence-corrected chi connectivity index (χ1v) is 9.21. The summed E-state index contributed by atoms with van der Waals surface area (Å²) in [5, 5.41) is 10.9. The lowest BCUT2D eigenvalue weighted by atomic mass is 9.84. The molecule has 0 aromatic heterocycles. The van der Waals surface area contributed by atoms with Crippen LogP contribution >= 0.6 is 11.6 Å². The third-order valence-electron chi connectivity index (χ3n) is 4.19. The van der Waals surface area contributed by atoms with Crippen LogP contribution in [0.25, 0.3) is 0 Å². The van der Waals surface area contributed by atoms with E-state index < -0.39 is 0 Å². The van der Waals surface area contributed by atoms with Gasteiger partial charge in [0, 0.05) is 17.0 Å². The molecule has 0 radical (unpaired) electrons. The smallest absolute Gasteiger partial charge is 0.166 e. The number of Topliss-reactive ketones (excluding diaryl/α,β-unsaturated/α-hetero) is 1. The van der Waals surface area contributed by atoms with E-state index in [0.29, 0.717) is 17.0 Å². The van der Waals surface area contributed by atoms with E-state index in [1.165, 1.54) is 32.1 Å². The molecule has 1 aromatic carbocycles. The first kappa shape index (κ1) is 20.0. The highest BCUT2D eigenvalue weighted by molar-refractivity contribution is 6.31. The second kappa shape index (κ2) is 9.32. The van der Waals surface area contributed by atoms with E-state index in [-0.39, 0.29) is 16.9 Å². The molecule has 0 heterocycles. The highest BCUT2D eigenvalue weighted by Crippen LogP contribution is 2.36. The van der Waals surface area contributed by atoms with Gasteiger partial charge in [-0.2, -0.15) is 0 Å². The van der Waals surface area contributed by atoms with Gasteiger partial charge in [-0.05, 0) is 24.0 Å². The lowest BCUT2D eigenvalue weighted by molar-refractivity contribution is 0.0976. The topological polar surface area (TPSA) is 37.3 Å². The number of halogens is 1. The maximum atomic E-state index is 12.4. The fraction of sp³-hybridized carbons (Fsp3) is 0.650. The molecule has 0 amide bonds. The number of rotatable bonds is 9. The number of hydrogen-bond acceptors (Lipinski definition) is 2. The van der Waals surface area contributed by atoms with E-state index in [9.17, 15) is 9.90 Å². The molecule has 0 unspecified atom stereocenters. The number of ketones is 1. The summed E-state index contributed by atoms with van der Waals surface area (Å²) in [6.07, 6.45) is 8.69. The Morgan fingerprint density at radius 2 is 1.61 bits per heavy atom. The fourth-order valence-corrected chi connectivity index (χ4v) is 2.98. The monoisotopic (exact) mass is 338 g/mol. The predicted molar refractivity (Wildman–Crippen MR) is 98.8 cm³/mol. The average Bonchev–Trinajstić information content (AvgIpc) is 2.47. The summed E-state index contributed by atoms with van der Waals surface area (Å²) in [6.45, 7) is 8.22. The molecule has 23 heavy (non-hydrogen) atoms. The van der Waals surface area contributed by atoms with Crippen molar-refractivity contribution in [3.05, 3.63) is 28.3 Å². The van der Waals surface area contributed by atoms with Crippen molar-refractivity contribution in [3.8, 4) is 5.75 Å². The highest BCUT2D eigenvalue weighted by Gasteiger charge is 2.23. The van der Waals surface area contributed by atoms with Gasteiger partial charge in [0.1, 0.15) is 5.75 Å². The van der Waals surface area contributed by atoms with Crippen molar-refractivity contribution in [2.24, 2.45) is 0 Å². The molecule has 130 valence electrons. The van der Waals surface area contributed by atoms with Crippen molar-refractivity contribution in [3.63, 3.8) is 0 Å². The average molecular weight is 339 g/mol. The number of hydrogen-bond donors (Lipinski definition) is 1. The zero-order valence-electron chi connectivity index (χ0n) is 15.0. The summed E-state index contributed by atoms with van der Waals surface area (Å²) >= 11 is 6.14. The summed E-state index contributed by atoms with van der Waals surface area (Å²) in [7, 11) is 0. The van der Waals surface area contributed by atoms with Crippen molar-refractivity contribution in [2.75, 3.05) is 0 Å². The molecule has 0 aliphatic heterocycles. The molecule has 0 aliphatic rings. The summed E-state index contributed by atoms with van der Waals surface area (Å²) in [5.41, 5.74) is 0.852. The zero-order valence-corrected chi connectivity index (χ0v) is 15.8. The van der Waals surface area contributed by atoms with Gasteiger partial charge in [0.25, 0.3) is 0 Å². The Labute approximate surface area is 146 Å². The molecular formula is C20H31ClO2. The van der Waals surface area contributed by atoms with Crippen LogP contribution in [0.15, 0.2) is 12.1 Å². The van der Waals surface area contributed by atoms with E-state index >= 15 is 0 Å². The molecule has 0 aliphatic carbocycles. The second-order valence-electron chi connectivity index (χ2n) is 7.39. The van der Waals surface area contributed by atoms with Crippen LogP contribution in [0.1, 0.15) is 95.0 Å². The quantitative estimate of drug-likeness (QED) is 0.403.